The summed E-state index contributed by atoms with van der Waals surface area (Å²) < 4.78 is 37.8. The van der Waals surface area contributed by atoms with Gasteiger partial charge in [-0.1, -0.05) is 18.2 Å². The summed E-state index contributed by atoms with van der Waals surface area (Å²) in [5.41, 5.74) is 1.82. The van der Waals surface area contributed by atoms with Crippen LogP contribution in [0.4, 0.5) is 10.5 Å². The van der Waals surface area contributed by atoms with Crippen molar-refractivity contribution < 1.29 is 31.7 Å². The van der Waals surface area contributed by atoms with E-state index >= 15 is 0 Å². The van der Waals surface area contributed by atoms with E-state index in [9.17, 15) is 22.8 Å². The van der Waals surface area contributed by atoms with Crippen molar-refractivity contribution in [1.82, 2.24) is 4.90 Å². The highest BCUT2D eigenvalue weighted by Gasteiger charge is 2.35. The molecule has 1 heterocycles. The Morgan fingerprint density at radius 2 is 1.72 bits per heavy atom. The smallest absolute Gasteiger partial charge is 0.339 e. The molecule has 0 aliphatic carbocycles. The number of benzene rings is 3. The van der Waals surface area contributed by atoms with Crippen molar-refractivity contribution in [3.63, 3.8) is 0 Å². The first-order valence-electron chi connectivity index (χ1n) is 11.6. The summed E-state index contributed by atoms with van der Waals surface area (Å²) in [6.45, 7) is 3.49. The standard InChI is InChI=1S/C27H23IN2O7S2/c1-3-36-24-14-19(15-25-26(32)30(27(33)38-25)16-18-4-7-20(28)8-5-18)6-13-23(24)37-39(34,35)22-11-9-21(10-12-22)29-17(2)31/h4-15H,3,16H2,1-2H3,(H,29,31)/b25-15-. The molecule has 12 heteroatoms. The van der Waals surface area contributed by atoms with Crippen LogP contribution in [-0.2, 0) is 26.3 Å². The zero-order chi connectivity index (χ0) is 28.2. The van der Waals surface area contributed by atoms with Crippen LogP contribution < -0.4 is 14.2 Å². The van der Waals surface area contributed by atoms with Crippen molar-refractivity contribution in [3.8, 4) is 11.5 Å². The number of hydrogen-bond donors (Lipinski definition) is 1. The maximum absolute atomic E-state index is 13.0. The number of halogens is 1. The largest absolute Gasteiger partial charge is 0.490 e. The molecule has 1 aliphatic rings. The van der Waals surface area contributed by atoms with Crippen molar-refractivity contribution >= 4 is 73.3 Å². The van der Waals surface area contributed by atoms with Crippen molar-refractivity contribution in [2.45, 2.75) is 25.3 Å². The van der Waals surface area contributed by atoms with E-state index in [0.29, 0.717) is 11.3 Å². The van der Waals surface area contributed by atoms with E-state index in [4.69, 9.17) is 8.92 Å². The van der Waals surface area contributed by atoms with Crippen LogP contribution >= 0.6 is 34.4 Å². The number of carbonyl (C=O) groups excluding carboxylic acids is 3. The normalized spacial score (nSPS) is 14.5. The van der Waals surface area contributed by atoms with Gasteiger partial charge in [-0.05, 0) is 107 Å². The minimum Gasteiger partial charge on any atom is -0.490 e. The van der Waals surface area contributed by atoms with Crippen LogP contribution in [0.2, 0.25) is 0 Å². The fourth-order valence-electron chi connectivity index (χ4n) is 3.59. The Bertz CT molecular complexity index is 1550. The molecule has 1 fully saturated rings. The second-order valence-electron chi connectivity index (χ2n) is 8.28. The second kappa shape index (κ2) is 12.2. The molecule has 3 aromatic carbocycles. The summed E-state index contributed by atoms with van der Waals surface area (Å²) in [5, 5.41) is 2.20. The Labute approximate surface area is 243 Å². The van der Waals surface area contributed by atoms with Crippen molar-refractivity contribution in [1.29, 1.82) is 0 Å². The molecule has 0 spiro atoms. The Morgan fingerprint density at radius 3 is 2.36 bits per heavy atom. The minimum atomic E-state index is -4.21. The molecule has 0 atom stereocenters. The molecule has 1 N–H and O–H groups in total. The zero-order valence-electron chi connectivity index (χ0n) is 20.8. The molecule has 39 heavy (non-hydrogen) atoms. The van der Waals surface area contributed by atoms with Crippen molar-refractivity contribution in [2.24, 2.45) is 0 Å². The molecule has 4 rings (SSSR count). The highest BCUT2D eigenvalue weighted by Crippen LogP contribution is 2.36. The maximum atomic E-state index is 13.0. The van der Waals surface area contributed by atoms with Crippen LogP contribution in [-0.4, -0.2) is 37.0 Å². The van der Waals surface area contributed by atoms with Gasteiger partial charge in [0.25, 0.3) is 11.1 Å². The number of nitrogens with one attached hydrogen (secondary N) is 1. The number of imide groups is 1. The molecule has 202 valence electrons. The average molecular weight is 679 g/mol. The molecule has 0 bridgehead atoms. The van der Waals surface area contributed by atoms with Crippen LogP contribution in [0.1, 0.15) is 25.0 Å². The van der Waals surface area contributed by atoms with Gasteiger partial charge in [-0.2, -0.15) is 8.42 Å². The fraction of sp³-hybridized carbons (Fsp3) is 0.148. The number of thioether (sulfide) groups is 1. The number of hydrogen-bond acceptors (Lipinski definition) is 8. The first-order chi connectivity index (χ1) is 18.6. The van der Waals surface area contributed by atoms with E-state index in [2.05, 4.69) is 27.9 Å². The van der Waals surface area contributed by atoms with Gasteiger partial charge in [0.15, 0.2) is 11.5 Å². The number of anilines is 1. The van der Waals surface area contributed by atoms with Crippen molar-refractivity contribution in [3.05, 3.63) is 86.3 Å². The monoisotopic (exact) mass is 678 g/mol. The average Bonchev–Trinajstić information content (AvgIpc) is 3.14. The summed E-state index contributed by atoms with van der Waals surface area (Å²) in [5.74, 6) is -0.569. The Balaban J connectivity index is 1.54. The minimum absolute atomic E-state index is 0.0354. The summed E-state index contributed by atoms with van der Waals surface area (Å²) in [6.07, 6.45) is 1.56. The quantitative estimate of drug-likeness (QED) is 0.175. The van der Waals surface area contributed by atoms with Gasteiger partial charge in [-0.15, -0.1) is 0 Å². The summed E-state index contributed by atoms with van der Waals surface area (Å²) in [4.78, 5) is 38.0. The van der Waals surface area contributed by atoms with Crippen molar-refractivity contribution in [2.75, 3.05) is 11.9 Å². The Kier molecular flexibility index (Phi) is 8.97. The third-order valence-corrected chi connectivity index (χ3v) is 8.23. The number of amides is 3. The van der Waals surface area contributed by atoms with Crippen LogP contribution in [0.15, 0.2) is 76.5 Å². The molecule has 0 saturated carbocycles. The van der Waals surface area contributed by atoms with E-state index in [0.717, 1.165) is 20.9 Å². The topological polar surface area (TPSA) is 119 Å². The highest BCUT2D eigenvalue weighted by molar-refractivity contribution is 14.1. The van der Waals surface area contributed by atoms with Gasteiger partial charge >= 0.3 is 10.1 Å². The molecule has 3 amide bonds. The Morgan fingerprint density at radius 1 is 1.03 bits per heavy atom. The third-order valence-electron chi connectivity index (χ3n) is 5.36. The molecule has 0 aromatic heterocycles. The second-order valence-corrected chi connectivity index (χ2v) is 12.1. The molecule has 9 nitrogen and oxygen atoms in total. The molecule has 1 saturated heterocycles. The van der Waals surface area contributed by atoms with E-state index in [1.165, 1.54) is 42.2 Å². The summed E-state index contributed by atoms with van der Waals surface area (Å²) >= 11 is 3.02. The predicted molar refractivity (Wildman–Crippen MR) is 157 cm³/mol. The highest BCUT2D eigenvalue weighted by atomic mass is 127. The molecule has 0 unspecified atom stereocenters. The fourth-order valence-corrected chi connectivity index (χ4v) is 5.72. The first kappa shape index (κ1) is 28.6. The van der Waals surface area contributed by atoms with Gasteiger partial charge in [0.2, 0.25) is 5.91 Å². The molecule has 1 aliphatic heterocycles. The van der Waals surface area contributed by atoms with Crippen LogP contribution in [0.5, 0.6) is 11.5 Å². The van der Waals surface area contributed by atoms with Crippen LogP contribution in [0, 0.1) is 3.57 Å². The zero-order valence-corrected chi connectivity index (χ0v) is 24.6. The lowest BCUT2D eigenvalue weighted by molar-refractivity contribution is -0.123. The predicted octanol–water partition coefficient (Wildman–Crippen LogP) is 5.65. The van der Waals surface area contributed by atoms with E-state index in [1.54, 1.807) is 25.1 Å². The third kappa shape index (κ3) is 7.19. The van der Waals surface area contributed by atoms with Gasteiger partial charge in [0, 0.05) is 16.2 Å². The first-order valence-corrected chi connectivity index (χ1v) is 14.9. The van der Waals surface area contributed by atoms with Crippen LogP contribution in [0.3, 0.4) is 0 Å². The Hall–Kier alpha value is -3.36. The lowest BCUT2D eigenvalue weighted by atomic mass is 10.1. The molecule has 0 radical (unpaired) electrons. The number of carbonyl (C=O) groups is 3. The van der Waals surface area contributed by atoms with E-state index in [1.807, 2.05) is 24.3 Å². The number of nitrogens with zero attached hydrogens (tertiary/aromatic N) is 1. The molecular weight excluding hydrogens is 655 g/mol. The van der Waals surface area contributed by atoms with Gasteiger partial charge in [-0.25, -0.2) is 0 Å². The van der Waals surface area contributed by atoms with Gasteiger partial charge < -0.3 is 14.2 Å². The molecule has 3 aromatic rings. The number of ether oxygens (including phenoxy) is 1. The summed E-state index contributed by atoms with van der Waals surface area (Å²) in [6, 6.07) is 17.6. The van der Waals surface area contributed by atoms with Gasteiger partial charge in [0.1, 0.15) is 4.90 Å². The van der Waals surface area contributed by atoms with Crippen LogP contribution in [0.25, 0.3) is 6.08 Å². The van der Waals surface area contributed by atoms with E-state index < -0.39 is 16.0 Å². The number of rotatable bonds is 9. The maximum Gasteiger partial charge on any atom is 0.339 e. The lowest BCUT2D eigenvalue weighted by Crippen LogP contribution is -2.27. The summed E-state index contributed by atoms with van der Waals surface area (Å²) in [7, 11) is -4.21. The van der Waals surface area contributed by atoms with E-state index in [-0.39, 0.29) is 45.6 Å². The van der Waals surface area contributed by atoms with Gasteiger partial charge in [0.05, 0.1) is 18.1 Å². The SMILES string of the molecule is CCOc1cc(/C=C2\SC(=O)N(Cc3ccc(I)cc3)C2=O)ccc1OS(=O)(=O)c1ccc(NC(C)=O)cc1. The van der Waals surface area contributed by atoms with Gasteiger partial charge in [-0.3, -0.25) is 19.3 Å². The molecular formula is C27H23IN2O7S2. The lowest BCUT2D eigenvalue weighted by Gasteiger charge is -2.13.